The van der Waals surface area contributed by atoms with E-state index >= 15 is 0 Å². The maximum Gasteiger partial charge on any atom is 0.131 e. The van der Waals surface area contributed by atoms with Gasteiger partial charge in [0.25, 0.3) is 0 Å². The molecule has 39 heavy (non-hydrogen) atoms. The van der Waals surface area contributed by atoms with Crippen LogP contribution in [-0.2, 0) is 11.3 Å². The summed E-state index contributed by atoms with van der Waals surface area (Å²) in [5.74, 6) is 0.338. The fourth-order valence-corrected chi connectivity index (χ4v) is 5.29. The molecule has 0 spiro atoms. The number of benzene rings is 2. The zero-order valence-corrected chi connectivity index (χ0v) is 21.9. The van der Waals surface area contributed by atoms with Crippen molar-refractivity contribution in [3.05, 3.63) is 84.7 Å². The van der Waals surface area contributed by atoms with E-state index in [0.29, 0.717) is 31.1 Å². The molecule has 1 fully saturated rings. The molecule has 5 aromatic rings. The number of aromatic nitrogens is 5. The molecule has 0 radical (unpaired) electrons. The summed E-state index contributed by atoms with van der Waals surface area (Å²) in [6.45, 7) is 3.04. The summed E-state index contributed by atoms with van der Waals surface area (Å²) in [6, 6.07) is 15.5. The topological polar surface area (TPSA) is 81.1 Å². The summed E-state index contributed by atoms with van der Waals surface area (Å²) in [6.07, 6.45) is 9.63. The van der Waals surface area contributed by atoms with Crippen molar-refractivity contribution in [3.8, 4) is 28.1 Å². The first-order valence-corrected chi connectivity index (χ1v) is 13.2. The van der Waals surface area contributed by atoms with Crippen molar-refractivity contribution in [1.29, 1.82) is 0 Å². The van der Waals surface area contributed by atoms with Crippen LogP contribution in [0.3, 0.4) is 0 Å². The van der Waals surface area contributed by atoms with Gasteiger partial charge in [0, 0.05) is 60.9 Å². The number of halogens is 1. The van der Waals surface area contributed by atoms with Crippen LogP contribution < -0.4 is 4.74 Å². The fourth-order valence-electron chi connectivity index (χ4n) is 5.29. The zero-order chi connectivity index (χ0) is 26.6. The van der Waals surface area contributed by atoms with Crippen molar-refractivity contribution in [2.75, 3.05) is 33.4 Å². The van der Waals surface area contributed by atoms with Gasteiger partial charge in [0.15, 0.2) is 0 Å². The van der Waals surface area contributed by atoms with E-state index in [1.165, 1.54) is 6.07 Å². The number of nitrogens with zero attached hydrogens (tertiary/aromatic N) is 5. The van der Waals surface area contributed by atoms with Crippen LogP contribution in [0.5, 0.6) is 5.75 Å². The molecule has 1 unspecified atom stereocenters. The number of likely N-dealkylation sites (tertiary alicyclic amines) is 1. The minimum absolute atomic E-state index is 0.210. The Kier molecular flexibility index (Phi) is 7.33. The van der Waals surface area contributed by atoms with E-state index in [0.717, 1.165) is 59.2 Å². The molecule has 2 aromatic carbocycles. The second kappa shape index (κ2) is 11.3. The van der Waals surface area contributed by atoms with Crippen LogP contribution in [0.15, 0.2) is 73.3 Å². The third-order valence-electron chi connectivity index (χ3n) is 7.31. The Morgan fingerprint density at radius 2 is 1.95 bits per heavy atom. The Balaban J connectivity index is 1.19. The molecule has 4 heterocycles. The van der Waals surface area contributed by atoms with Crippen molar-refractivity contribution in [1.82, 2.24) is 29.9 Å². The average molecular weight is 527 g/mol. The molecule has 1 saturated heterocycles. The monoisotopic (exact) mass is 526 g/mol. The molecule has 1 aliphatic rings. The van der Waals surface area contributed by atoms with Gasteiger partial charge in [-0.2, -0.15) is 10.2 Å². The molecule has 8 nitrogen and oxygen atoms in total. The minimum atomic E-state index is -0.241. The van der Waals surface area contributed by atoms with E-state index in [1.54, 1.807) is 25.6 Å². The Morgan fingerprint density at radius 1 is 1.05 bits per heavy atom. The molecule has 0 amide bonds. The van der Waals surface area contributed by atoms with E-state index in [2.05, 4.69) is 49.2 Å². The van der Waals surface area contributed by atoms with Crippen molar-refractivity contribution >= 4 is 10.9 Å². The van der Waals surface area contributed by atoms with Gasteiger partial charge in [-0.15, -0.1) is 0 Å². The van der Waals surface area contributed by atoms with Gasteiger partial charge in [-0.1, -0.05) is 12.1 Å². The van der Waals surface area contributed by atoms with Crippen molar-refractivity contribution in [3.63, 3.8) is 0 Å². The highest BCUT2D eigenvalue weighted by atomic mass is 19.1. The largest absolute Gasteiger partial charge is 0.491 e. The third-order valence-corrected chi connectivity index (χ3v) is 7.31. The van der Waals surface area contributed by atoms with Crippen molar-refractivity contribution in [2.45, 2.75) is 25.4 Å². The molecule has 1 atom stereocenters. The maximum absolute atomic E-state index is 14.8. The van der Waals surface area contributed by atoms with Gasteiger partial charge < -0.3 is 9.47 Å². The molecule has 6 rings (SSSR count). The van der Waals surface area contributed by atoms with Gasteiger partial charge in [0.1, 0.15) is 23.9 Å². The van der Waals surface area contributed by atoms with Crippen LogP contribution in [0.25, 0.3) is 33.3 Å². The van der Waals surface area contributed by atoms with Crippen LogP contribution in [0.2, 0.25) is 0 Å². The average Bonchev–Trinajstić information content (AvgIpc) is 3.63. The number of H-pyrrole nitrogens is 1. The van der Waals surface area contributed by atoms with Gasteiger partial charge in [-0.05, 0) is 61.3 Å². The second-order valence-corrected chi connectivity index (χ2v) is 9.87. The number of piperidine rings is 1. The molecule has 9 heteroatoms. The predicted molar refractivity (Wildman–Crippen MR) is 148 cm³/mol. The lowest BCUT2D eigenvalue weighted by atomic mass is 10.0. The molecule has 0 saturated carbocycles. The van der Waals surface area contributed by atoms with Crippen molar-refractivity contribution < 1.29 is 13.9 Å². The number of ether oxygens (including phenoxy) is 2. The highest BCUT2D eigenvalue weighted by molar-refractivity contribution is 5.95. The van der Waals surface area contributed by atoms with Crippen LogP contribution in [0.4, 0.5) is 4.39 Å². The molecular formula is C30H31FN6O2. The first-order valence-electron chi connectivity index (χ1n) is 13.2. The molecule has 0 bridgehead atoms. The lowest BCUT2D eigenvalue weighted by molar-refractivity contribution is 0.140. The van der Waals surface area contributed by atoms with Gasteiger partial charge in [0.2, 0.25) is 0 Å². The number of pyridine rings is 1. The van der Waals surface area contributed by atoms with Gasteiger partial charge >= 0.3 is 0 Å². The third kappa shape index (κ3) is 5.41. The van der Waals surface area contributed by atoms with Crippen LogP contribution in [0.1, 0.15) is 24.4 Å². The Morgan fingerprint density at radius 3 is 2.82 bits per heavy atom. The van der Waals surface area contributed by atoms with Gasteiger partial charge in [-0.25, -0.2) is 4.39 Å². The quantitative estimate of drug-likeness (QED) is 0.256. The Labute approximate surface area is 226 Å². The van der Waals surface area contributed by atoms with E-state index in [4.69, 9.17) is 14.6 Å². The van der Waals surface area contributed by atoms with Gasteiger partial charge in [0.05, 0.1) is 24.4 Å². The summed E-state index contributed by atoms with van der Waals surface area (Å²) in [7, 11) is 1.63. The van der Waals surface area contributed by atoms with Crippen molar-refractivity contribution in [2.24, 2.45) is 0 Å². The Hall–Kier alpha value is -4.08. The molecule has 200 valence electrons. The number of fused-ring (bicyclic) bond motifs is 1. The van der Waals surface area contributed by atoms with Gasteiger partial charge in [-0.3, -0.25) is 19.7 Å². The summed E-state index contributed by atoms with van der Waals surface area (Å²) in [4.78, 5) is 6.41. The second-order valence-electron chi connectivity index (χ2n) is 9.87. The summed E-state index contributed by atoms with van der Waals surface area (Å²) in [5, 5.41) is 13.5. The standard InChI is InChI=1S/C30H31FN6O2/c1-38-14-15-39-29-6-2-5-27(31)26(29)20-36-13-3-4-24(19-36)37-18-23(17-33-37)22-7-8-28-25(16-22)30(35-34-28)21-9-11-32-12-10-21/h2,5-12,16-18,24H,3-4,13-15,19-20H2,1H3,(H,34,35). The lowest BCUT2D eigenvalue weighted by Crippen LogP contribution is -2.36. The van der Waals surface area contributed by atoms with E-state index < -0.39 is 0 Å². The van der Waals surface area contributed by atoms with Crippen LogP contribution in [0, 0.1) is 5.82 Å². The smallest absolute Gasteiger partial charge is 0.131 e. The summed E-state index contributed by atoms with van der Waals surface area (Å²) in [5.41, 5.74) is 5.64. The number of methoxy groups -OCH3 is 1. The number of hydrogen-bond acceptors (Lipinski definition) is 6. The minimum Gasteiger partial charge on any atom is -0.491 e. The van der Waals surface area contributed by atoms with E-state index in [-0.39, 0.29) is 11.9 Å². The highest BCUT2D eigenvalue weighted by Crippen LogP contribution is 2.32. The highest BCUT2D eigenvalue weighted by Gasteiger charge is 2.24. The number of hydrogen-bond donors (Lipinski definition) is 1. The number of aromatic amines is 1. The van der Waals surface area contributed by atoms with Crippen LogP contribution >= 0.6 is 0 Å². The SMILES string of the molecule is COCCOc1cccc(F)c1CN1CCCC(n2cc(-c3ccc4[nH]nc(-c5ccncc5)c4c3)cn2)C1. The predicted octanol–water partition coefficient (Wildman–Crippen LogP) is 5.49. The molecular weight excluding hydrogens is 495 g/mol. The normalized spacial score (nSPS) is 16.1. The lowest BCUT2D eigenvalue weighted by Gasteiger charge is -2.33. The number of rotatable bonds is 9. The zero-order valence-electron chi connectivity index (χ0n) is 21.9. The maximum atomic E-state index is 14.8. The summed E-state index contributed by atoms with van der Waals surface area (Å²) >= 11 is 0. The molecule has 0 aliphatic carbocycles. The fraction of sp³-hybridized carbons (Fsp3) is 0.300. The van der Waals surface area contributed by atoms with E-state index in [9.17, 15) is 4.39 Å². The molecule has 3 aromatic heterocycles. The first kappa shape index (κ1) is 25.2. The first-order chi connectivity index (χ1) is 19.2. The van der Waals surface area contributed by atoms with Crippen LogP contribution in [-0.4, -0.2) is 63.3 Å². The molecule has 1 aliphatic heterocycles. The summed E-state index contributed by atoms with van der Waals surface area (Å²) < 4.78 is 27.7. The van der Waals surface area contributed by atoms with E-state index in [1.807, 2.05) is 24.4 Å². The number of nitrogens with one attached hydrogen (secondary N) is 1. The molecule has 1 N–H and O–H groups in total. The Bertz CT molecular complexity index is 1550.